The van der Waals surface area contributed by atoms with Gasteiger partial charge in [-0.05, 0) is 45.6 Å². The molecule has 4 nitrogen and oxygen atoms in total. The first-order valence-electron chi connectivity index (χ1n) is 8.02. The molecule has 0 aliphatic heterocycles. The Hall–Kier alpha value is -0.870. The molecule has 114 valence electrons. The van der Waals surface area contributed by atoms with E-state index in [1.54, 1.807) is 0 Å². The van der Waals surface area contributed by atoms with Crippen molar-refractivity contribution in [3.8, 4) is 0 Å². The Balaban J connectivity index is 2.17. The van der Waals surface area contributed by atoms with E-state index in [1.165, 1.54) is 25.0 Å². The van der Waals surface area contributed by atoms with Crippen LogP contribution in [0.1, 0.15) is 64.7 Å². The molecule has 1 aromatic rings. The van der Waals surface area contributed by atoms with Crippen LogP contribution in [0.5, 0.6) is 0 Å². The summed E-state index contributed by atoms with van der Waals surface area (Å²) in [6.45, 7) is 10.8. The summed E-state index contributed by atoms with van der Waals surface area (Å²) in [5, 5.41) is 0. The van der Waals surface area contributed by atoms with Crippen LogP contribution in [0.2, 0.25) is 0 Å². The average Bonchev–Trinajstić information content (AvgIpc) is 3.11. The van der Waals surface area contributed by atoms with Crippen molar-refractivity contribution < 1.29 is 0 Å². The number of imidazole rings is 1. The molecule has 2 rings (SSSR count). The first-order valence-corrected chi connectivity index (χ1v) is 8.02. The van der Waals surface area contributed by atoms with Gasteiger partial charge in [0, 0.05) is 24.8 Å². The highest BCUT2D eigenvalue weighted by Crippen LogP contribution is 2.35. The Bertz CT molecular complexity index is 406. The van der Waals surface area contributed by atoms with Crippen LogP contribution in [0.25, 0.3) is 0 Å². The summed E-state index contributed by atoms with van der Waals surface area (Å²) < 4.78 is 2.27. The number of hydrogen-bond donors (Lipinski definition) is 1. The molecule has 1 aliphatic carbocycles. The summed E-state index contributed by atoms with van der Waals surface area (Å²) in [5.41, 5.74) is 7.40. The van der Waals surface area contributed by atoms with Crippen LogP contribution in [0, 0.1) is 5.92 Å². The van der Waals surface area contributed by atoms with Gasteiger partial charge in [-0.15, -0.1) is 0 Å². The van der Waals surface area contributed by atoms with Crippen molar-refractivity contribution in [2.45, 2.75) is 65.1 Å². The van der Waals surface area contributed by atoms with E-state index in [0.29, 0.717) is 18.6 Å². The number of hydrogen-bond acceptors (Lipinski definition) is 3. The van der Waals surface area contributed by atoms with Crippen LogP contribution in [-0.2, 0) is 0 Å². The zero-order valence-corrected chi connectivity index (χ0v) is 13.4. The SMILES string of the molecule is CC(C)CCN(C1CC1)C(CN)c1cncn1C(C)C. The van der Waals surface area contributed by atoms with Gasteiger partial charge in [0.25, 0.3) is 0 Å². The van der Waals surface area contributed by atoms with Crippen molar-refractivity contribution >= 4 is 0 Å². The Morgan fingerprint density at radius 2 is 2.05 bits per heavy atom. The third kappa shape index (κ3) is 3.61. The summed E-state index contributed by atoms with van der Waals surface area (Å²) in [7, 11) is 0. The summed E-state index contributed by atoms with van der Waals surface area (Å²) in [5.74, 6) is 0.740. The highest BCUT2D eigenvalue weighted by molar-refractivity contribution is 5.09. The highest BCUT2D eigenvalue weighted by atomic mass is 15.2. The molecule has 1 aromatic heterocycles. The number of aromatic nitrogens is 2. The summed E-state index contributed by atoms with van der Waals surface area (Å²) in [4.78, 5) is 6.97. The molecule has 0 radical (unpaired) electrons. The fraction of sp³-hybridized carbons (Fsp3) is 0.812. The van der Waals surface area contributed by atoms with Gasteiger partial charge >= 0.3 is 0 Å². The van der Waals surface area contributed by atoms with Gasteiger partial charge in [0.2, 0.25) is 0 Å². The lowest BCUT2D eigenvalue weighted by atomic mass is 10.1. The zero-order chi connectivity index (χ0) is 14.7. The fourth-order valence-electron chi connectivity index (χ4n) is 2.84. The van der Waals surface area contributed by atoms with Crippen LogP contribution in [0.3, 0.4) is 0 Å². The van der Waals surface area contributed by atoms with Crippen molar-refractivity contribution in [1.29, 1.82) is 0 Å². The van der Waals surface area contributed by atoms with E-state index in [4.69, 9.17) is 5.73 Å². The summed E-state index contributed by atoms with van der Waals surface area (Å²) in [6, 6.07) is 1.48. The second-order valence-corrected chi connectivity index (χ2v) is 6.72. The Morgan fingerprint density at radius 1 is 1.35 bits per heavy atom. The van der Waals surface area contributed by atoms with Crippen molar-refractivity contribution in [3.05, 3.63) is 18.2 Å². The van der Waals surface area contributed by atoms with Crippen LogP contribution < -0.4 is 5.73 Å². The predicted molar refractivity (Wildman–Crippen MR) is 83.6 cm³/mol. The summed E-state index contributed by atoms with van der Waals surface area (Å²) in [6.07, 6.45) is 7.83. The normalized spacial score (nSPS) is 17.4. The monoisotopic (exact) mass is 278 g/mol. The molecule has 1 heterocycles. The Kier molecular flexibility index (Phi) is 5.22. The van der Waals surface area contributed by atoms with E-state index in [-0.39, 0.29) is 0 Å². The molecule has 0 saturated heterocycles. The minimum Gasteiger partial charge on any atom is -0.331 e. The van der Waals surface area contributed by atoms with E-state index in [1.807, 2.05) is 12.5 Å². The molecule has 1 unspecified atom stereocenters. The molecule has 1 atom stereocenters. The van der Waals surface area contributed by atoms with E-state index < -0.39 is 0 Å². The van der Waals surface area contributed by atoms with Gasteiger partial charge in [0.05, 0.1) is 18.1 Å². The van der Waals surface area contributed by atoms with E-state index in [0.717, 1.165) is 18.5 Å². The molecule has 0 aromatic carbocycles. The molecular weight excluding hydrogens is 248 g/mol. The minimum atomic E-state index is 0.311. The fourth-order valence-corrected chi connectivity index (χ4v) is 2.84. The third-order valence-electron chi connectivity index (χ3n) is 4.20. The molecular formula is C16H30N4. The number of nitrogens with two attached hydrogens (primary N) is 1. The molecule has 1 aliphatic rings. The smallest absolute Gasteiger partial charge is 0.0951 e. The first-order chi connectivity index (χ1) is 9.54. The molecule has 0 spiro atoms. The van der Waals surface area contributed by atoms with Crippen LogP contribution in [0.4, 0.5) is 0 Å². The highest BCUT2D eigenvalue weighted by Gasteiger charge is 2.35. The van der Waals surface area contributed by atoms with Gasteiger partial charge in [-0.1, -0.05) is 13.8 Å². The lowest BCUT2D eigenvalue weighted by molar-refractivity contribution is 0.173. The Morgan fingerprint density at radius 3 is 2.55 bits per heavy atom. The number of rotatable bonds is 8. The molecule has 1 fully saturated rings. The Labute approximate surface area is 123 Å². The predicted octanol–water partition coefficient (Wildman–Crippen LogP) is 2.97. The zero-order valence-electron chi connectivity index (χ0n) is 13.4. The van der Waals surface area contributed by atoms with E-state index >= 15 is 0 Å². The van der Waals surface area contributed by atoms with E-state index in [2.05, 4.69) is 42.1 Å². The van der Waals surface area contributed by atoms with Gasteiger partial charge in [-0.3, -0.25) is 4.90 Å². The summed E-state index contributed by atoms with van der Waals surface area (Å²) >= 11 is 0. The third-order valence-corrected chi connectivity index (χ3v) is 4.20. The quantitative estimate of drug-likeness (QED) is 0.795. The maximum Gasteiger partial charge on any atom is 0.0951 e. The first kappa shape index (κ1) is 15.5. The maximum atomic E-state index is 6.12. The molecule has 4 heteroatoms. The van der Waals surface area contributed by atoms with Gasteiger partial charge < -0.3 is 10.3 Å². The van der Waals surface area contributed by atoms with Crippen molar-refractivity contribution in [2.75, 3.05) is 13.1 Å². The maximum absolute atomic E-state index is 6.12. The van der Waals surface area contributed by atoms with Crippen LogP contribution in [-0.4, -0.2) is 33.6 Å². The van der Waals surface area contributed by atoms with Gasteiger partial charge in [-0.25, -0.2) is 4.98 Å². The topological polar surface area (TPSA) is 47.1 Å². The molecule has 0 bridgehead atoms. The molecule has 1 saturated carbocycles. The van der Waals surface area contributed by atoms with Crippen molar-refractivity contribution in [1.82, 2.24) is 14.5 Å². The van der Waals surface area contributed by atoms with Crippen molar-refractivity contribution in [3.63, 3.8) is 0 Å². The standard InChI is InChI=1S/C16H30N4/c1-12(2)7-8-19(14-5-6-14)15(9-17)16-10-18-11-20(16)13(3)4/h10-15H,5-9,17H2,1-4H3. The average molecular weight is 278 g/mol. The van der Waals surface area contributed by atoms with Gasteiger partial charge in [0.15, 0.2) is 0 Å². The number of nitrogens with zero attached hydrogens (tertiary/aromatic N) is 3. The molecule has 20 heavy (non-hydrogen) atoms. The lowest BCUT2D eigenvalue weighted by Crippen LogP contribution is -2.38. The lowest BCUT2D eigenvalue weighted by Gasteiger charge is -2.32. The van der Waals surface area contributed by atoms with Crippen LogP contribution >= 0.6 is 0 Å². The largest absolute Gasteiger partial charge is 0.331 e. The van der Waals surface area contributed by atoms with E-state index in [9.17, 15) is 0 Å². The minimum absolute atomic E-state index is 0.311. The molecule has 0 amide bonds. The second kappa shape index (κ2) is 6.72. The second-order valence-electron chi connectivity index (χ2n) is 6.72. The molecule has 2 N–H and O–H groups in total. The van der Waals surface area contributed by atoms with Gasteiger partial charge in [-0.2, -0.15) is 0 Å². The van der Waals surface area contributed by atoms with Crippen molar-refractivity contribution in [2.24, 2.45) is 11.7 Å². The van der Waals surface area contributed by atoms with Crippen LogP contribution in [0.15, 0.2) is 12.5 Å². The van der Waals surface area contributed by atoms with Gasteiger partial charge in [0.1, 0.15) is 0 Å².